The summed E-state index contributed by atoms with van der Waals surface area (Å²) in [5, 5.41) is 0.693. The van der Waals surface area contributed by atoms with E-state index in [1.165, 1.54) is 0 Å². The highest BCUT2D eigenvalue weighted by molar-refractivity contribution is 6.30. The van der Waals surface area contributed by atoms with E-state index in [1.54, 1.807) is 0 Å². The molecule has 0 aliphatic carbocycles. The zero-order chi connectivity index (χ0) is 16.6. The van der Waals surface area contributed by atoms with Crippen molar-refractivity contribution in [3.8, 4) is 5.75 Å². The molecule has 0 amide bonds. The first-order valence-electron chi connectivity index (χ1n) is 7.80. The topological polar surface area (TPSA) is 33.3 Å². The van der Waals surface area contributed by atoms with Crippen LogP contribution in [0.1, 0.15) is 11.1 Å². The number of rotatable bonds is 7. The fraction of sp³-hybridized carbons (Fsp3) is 0.100. The first-order chi connectivity index (χ1) is 11.8. The molecule has 2 N–H and O–H groups in total. The zero-order valence-electron chi connectivity index (χ0n) is 13.2. The van der Waals surface area contributed by atoms with Gasteiger partial charge in [-0.2, -0.15) is 0 Å². The summed E-state index contributed by atoms with van der Waals surface area (Å²) in [6.07, 6.45) is 0. The molecule has 0 radical (unpaired) electrons. The molecule has 3 rings (SSSR count). The lowest BCUT2D eigenvalue weighted by atomic mass is 10.2. The number of hydrogen-bond donors (Lipinski definition) is 2. The van der Waals surface area contributed by atoms with E-state index in [-0.39, 0.29) is 0 Å². The van der Waals surface area contributed by atoms with Crippen molar-refractivity contribution in [3.05, 3.63) is 95.0 Å². The van der Waals surface area contributed by atoms with Gasteiger partial charge in [0.05, 0.1) is 0 Å². The molecule has 0 spiro atoms. The second-order valence-electron chi connectivity index (χ2n) is 5.37. The van der Waals surface area contributed by atoms with Crippen LogP contribution in [0.3, 0.4) is 0 Å². The maximum atomic E-state index is 6.13. The second-order valence-corrected chi connectivity index (χ2v) is 5.81. The Morgan fingerprint density at radius 3 is 2.29 bits per heavy atom. The summed E-state index contributed by atoms with van der Waals surface area (Å²) < 4.78 is 5.95. The minimum Gasteiger partial charge on any atom is -0.489 e. The molecular weight excluding hydrogens is 320 g/mol. The molecule has 0 fully saturated rings. The molecule has 0 bridgehead atoms. The third kappa shape index (κ3) is 4.75. The highest BCUT2D eigenvalue weighted by Crippen LogP contribution is 2.24. The van der Waals surface area contributed by atoms with Gasteiger partial charge in [0.25, 0.3) is 0 Å². The molecule has 122 valence electrons. The van der Waals surface area contributed by atoms with Crippen LogP contribution in [0.2, 0.25) is 5.02 Å². The molecule has 0 unspecified atom stereocenters. The number of para-hydroxylation sites is 1. The largest absolute Gasteiger partial charge is 0.489 e. The van der Waals surface area contributed by atoms with Gasteiger partial charge in [-0.3, -0.25) is 0 Å². The first-order valence-corrected chi connectivity index (χ1v) is 8.18. The van der Waals surface area contributed by atoms with Crippen molar-refractivity contribution in [2.75, 3.05) is 5.43 Å². The fourth-order valence-electron chi connectivity index (χ4n) is 2.33. The Hall–Kier alpha value is -2.49. The van der Waals surface area contributed by atoms with E-state index in [1.807, 2.05) is 78.9 Å². The number of anilines is 1. The maximum absolute atomic E-state index is 6.13. The lowest BCUT2D eigenvalue weighted by molar-refractivity contribution is 0.302. The summed E-state index contributed by atoms with van der Waals surface area (Å²) >= 11 is 6.13. The molecule has 24 heavy (non-hydrogen) atoms. The monoisotopic (exact) mass is 338 g/mol. The zero-order valence-corrected chi connectivity index (χ0v) is 14.0. The van der Waals surface area contributed by atoms with E-state index >= 15 is 0 Å². The van der Waals surface area contributed by atoms with Crippen LogP contribution in [0, 0.1) is 0 Å². The molecule has 3 aromatic carbocycles. The summed E-state index contributed by atoms with van der Waals surface area (Å²) in [6, 6.07) is 25.7. The van der Waals surface area contributed by atoms with Crippen LogP contribution in [0.25, 0.3) is 0 Å². The molecule has 3 aromatic rings. The molecule has 0 saturated carbocycles. The van der Waals surface area contributed by atoms with Crippen molar-refractivity contribution in [2.24, 2.45) is 0 Å². The van der Waals surface area contributed by atoms with Gasteiger partial charge in [-0.1, -0.05) is 60.1 Å². The number of ether oxygens (including phenoxy) is 1. The molecular formula is C20H19ClN2O. The average molecular weight is 339 g/mol. The van der Waals surface area contributed by atoms with Gasteiger partial charge in [0.2, 0.25) is 0 Å². The van der Waals surface area contributed by atoms with Crippen LogP contribution in [0.15, 0.2) is 78.9 Å². The lowest BCUT2D eigenvalue weighted by Crippen LogP contribution is -2.21. The van der Waals surface area contributed by atoms with Crippen molar-refractivity contribution < 1.29 is 4.74 Å². The van der Waals surface area contributed by atoms with Crippen LogP contribution in [-0.4, -0.2) is 0 Å². The third-order valence-electron chi connectivity index (χ3n) is 3.55. The number of nitrogens with one attached hydrogen (secondary N) is 2. The van der Waals surface area contributed by atoms with Crippen LogP contribution < -0.4 is 15.6 Å². The number of hydrogen-bond acceptors (Lipinski definition) is 3. The van der Waals surface area contributed by atoms with E-state index in [0.717, 1.165) is 22.6 Å². The van der Waals surface area contributed by atoms with Gasteiger partial charge in [0.1, 0.15) is 12.4 Å². The Bertz CT molecular complexity index is 763. The predicted molar refractivity (Wildman–Crippen MR) is 99.1 cm³/mol. The Balaban J connectivity index is 1.62. The highest BCUT2D eigenvalue weighted by atomic mass is 35.5. The highest BCUT2D eigenvalue weighted by Gasteiger charge is 2.05. The van der Waals surface area contributed by atoms with E-state index in [2.05, 4.69) is 10.9 Å². The van der Waals surface area contributed by atoms with Gasteiger partial charge in [-0.15, -0.1) is 0 Å². The Labute approximate surface area is 147 Å². The van der Waals surface area contributed by atoms with Gasteiger partial charge in [0, 0.05) is 22.8 Å². The summed E-state index contributed by atoms with van der Waals surface area (Å²) in [5.74, 6) is 0.825. The SMILES string of the molecule is Clc1ccc(OCc2ccccc2)c(CNNc2ccccc2)c1. The standard InChI is InChI=1S/C20H19ClN2O/c21-18-11-12-20(24-15-16-7-3-1-4-8-16)17(13-18)14-22-23-19-9-5-2-6-10-19/h1-13,22-23H,14-15H2. The Kier molecular flexibility index (Phi) is 5.72. The van der Waals surface area contributed by atoms with Gasteiger partial charge in [0.15, 0.2) is 0 Å². The van der Waals surface area contributed by atoms with Crippen LogP contribution >= 0.6 is 11.6 Å². The van der Waals surface area contributed by atoms with E-state index in [4.69, 9.17) is 16.3 Å². The minimum atomic E-state index is 0.529. The van der Waals surface area contributed by atoms with Crippen molar-refractivity contribution in [1.82, 2.24) is 5.43 Å². The minimum absolute atomic E-state index is 0.529. The van der Waals surface area contributed by atoms with Gasteiger partial charge in [-0.05, 0) is 35.9 Å². The molecule has 0 atom stereocenters. The Morgan fingerprint density at radius 2 is 1.54 bits per heavy atom. The Morgan fingerprint density at radius 1 is 0.833 bits per heavy atom. The van der Waals surface area contributed by atoms with Crippen LogP contribution in [-0.2, 0) is 13.2 Å². The number of halogens is 1. The normalized spacial score (nSPS) is 10.4. The first kappa shape index (κ1) is 16.4. The quantitative estimate of drug-likeness (QED) is 0.592. The smallest absolute Gasteiger partial charge is 0.124 e. The molecule has 0 heterocycles. The summed E-state index contributed by atoms with van der Waals surface area (Å²) in [6.45, 7) is 1.13. The molecule has 0 saturated heterocycles. The van der Waals surface area contributed by atoms with Crippen LogP contribution in [0.5, 0.6) is 5.75 Å². The van der Waals surface area contributed by atoms with Crippen molar-refractivity contribution >= 4 is 17.3 Å². The fourth-order valence-corrected chi connectivity index (χ4v) is 2.52. The van der Waals surface area contributed by atoms with Gasteiger partial charge >= 0.3 is 0 Å². The van der Waals surface area contributed by atoms with Gasteiger partial charge in [-0.25, -0.2) is 5.43 Å². The molecule has 0 aromatic heterocycles. The van der Waals surface area contributed by atoms with E-state index < -0.39 is 0 Å². The van der Waals surface area contributed by atoms with E-state index in [0.29, 0.717) is 18.2 Å². The second kappa shape index (κ2) is 8.39. The van der Waals surface area contributed by atoms with E-state index in [9.17, 15) is 0 Å². The molecule has 3 nitrogen and oxygen atoms in total. The van der Waals surface area contributed by atoms with Crippen molar-refractivity contribution in [2.45, 2.75) is 13.2 Å². The summed E-state index contributed by atoms with van der Waals surface area (Å²) in [5.41, 5.74) is 9.50. The van der Waals surface area contributed by atoms with Gasteiger partial charge < -0.3 is 10.2 Å². The van der Waals surface area contributed by atoms with Crippen LogP contribution in [0.4, 0.5) is 5.69 Å². The average Bonchev–Trinajstić information content (AvgIpc) is 2.63. The summed E-state index contributed by atoms with van der Waals surface area (Å²) in [7, 11) is 0. The predicted octanol–water partition coefficient (Wildman–Crippen LogP) is 5.04. The molecule has 4 heteroatoms. The number of benzene rings is 3. The maximum Gasteiger partial charge on any atom is 0.124 e. The molecule has 0 aliphatic heterocycles. The van der Waals surface area contributed by atoms with Crippen molar-refractivity contribution in [1.29, 1.82) is 0 Å². The number of hydrazine groups is 1. The lowest BCUT2D eigenvalue weighted by Gasteiger charge is -2.14. The molecule has 0 aliphatic rings. The summed E-state index contributed by atoms with van der Waals surface area (Å²) in [4.78, 5) is 0. The third-order valence-corrected chi connectivity index (χ3v) is 3.78. The van der Waals surface area contributed by atoms with Crippen molar-refractivity contribution in [3.63, 3.8) is 0 Å².